The first-order valence-corrected chi connectivity index (χ1v) is 8.99. The van der Waals surface area contributed by atoms with Crippen LogP contribution in [0.5, 0.6) is 0 Å². The average molecular weight is 330 g/mol. The average Bonchev–Trinajstić information content (AvgIpc) is 3.45. The fourth-order valence-corrected chi connectivity index (χ4v) is 4.23. The molecule has 4 nitrogen and oxygen atoms in total. The third-order valence-corrected chi connectivity index (χ3v) is 5.67. The lowest BCUT2D eigenvalue weighted by Gasteiger charge is -2.47. The van der Waals surface area contributed by atoms with E-state index in [0.717, 1.165) is 45.2 Å². The van der Waals surface area contributed by atoms with Crippen LogP contribution in [0.25, 0.3) is 0 Å². The van der Waals surface area contributed by atoms with Crippen LogP contribution in [-0.2, 0) is 4.79 Å². The highest BCUT2D eigenvalue weighted by Gasteiger charge is 2.42. The van der Waals surface area contributed by atoms with E-state index in [0.29, 0.717) is 18.4 Å². The van der Waals surface area contributed by atoms with Gasteiger partial charge in [-0.05, 0) is 50.2 Å². The van der Waals surface area contributed by atoms with Gasteiger partial charge < -0.3 is 9.80 Å². The highest BCUT2D eigenvalue weighted by Crippen LogP contribution is 2.36. The minimum Gasteiger partial charge on any atom is -0.342 e. The van der Waals surface area contributed by atoms with Crippen LogP contribution in [0.3, 0.4) is 0 Å². The van der Waals surface area contributed by atoms with Crippen molar-refractivity contribution in [3.8, 4) is 0 Å². The zero-order valence-corrected chi connectivity index (χ0v) is 13.8. The van der Waals surface area contributed by atoms with Crippen molar-refractivity contribution >= 4 is 11.8 Å². The molecule has 4 rings (SSSR count). The van der Waals surface area contributed by atoms with Crippen molar-refractivity contribution in [3.63, 3.8) is 0 Å². The number of nitrogens with zero attached hydrogens (tertiary/aromatic N) is 2. The number of amides is 2. The Labute approximate surface area is 141 Å². The van der Waals surface area contributed by atoms with Gasteiger partial charge in [0.05, 0.1) is 5.56 Å². The van der Waals surface area contributed by atoms with E-state index in [9.17, 15) is 14.0 Å². The van der Waals surface area contributed by atoms with Gasteiger partial charge in [-0.25, -0.2) is 4.39 Å². The van der Waals surface area contributed by atoms with Gasteiger partial charge >= 0.3 is 0 Å². The summed E-state index contributed by atoms with van der Waals surface area (Å²) in [6.45, 7) is 2.16. The Kier molecular flexibility index (Phi) is 4.02. The summed E-state index contributed by atoms with van der Waals surface area (Å²) in [7, 11) is 0. The number of hydrogen-bond acceptors (Lipinski definition) is 2. The van der Waals surface area contributed by atoms with Crippen LogP contribution in [0.15, 0.2) is 24.3 Å². The first-order valence-electron chi connectivity index (χ1n) is 8.99. The Balaban J connectivity index is 1.49. The molecule has 2 saturated heterocycles. The highest BCUT2D eigenvalue weighted by atomic mass is 19.1. The SMILES string of the molecule is O=C(C1CC1)N1CC[C@H]2[C@H](CCCN2C(=O)c2ccccc2F)C1. The van der Waals surface area contributed by atoms with Crippen LogP contribution in [0.1, 0.15) is 42.5 Å². The summed E-state index contributed by atoms with van der Waals surface area (Å²) >= 11 is 0. The van der Waals surface area contributed by atoms with Gasteiger partial charge in [0.2, 0.25) is 5.91 Å². The second kappa shape index (κ2) is 6.19. The Morgan fingerprint density at radius 2 is 1.83 bits per heavy atom. The Morgan fingerprint density at radius 1 is 1.04 bits per heavy atom. The second-order valence-corrected chi connectivity index (χ2v) is 7.30. The summed E-state index contributed by atoms with van der Waals surface area (Å²) in [5.74, 6) is 0.217. The normalized spacial score (nSPS) is 26.9. The maximum absolute atomic E-state index is 14.0. The molecule has 0 radical (unpaired) electrons. The molecule has 1 aromatic rings. The number of piperidine rings is 2. The topological polar surface area (TPSA) is 40.6 Å². The number of carbonyl (C=O) groups excluding carboxylic acids is 2. The van der Waals surface area contributed by atoms with Crippen molar-refractivity contribution in [3.05, 3.63) is 35.6 Å². The summed E-state index contributed by atoms with van der Waals surface area (Å²) in [6.07, 6.45) is 4.83. The van der Waals surface area contributed by atoms with E-state index < -0.39 is 5.82 Å². The molecule has 0 N–H and O–H groups in total. The number of halogens is 1. The van der Waals surface area contributed by atoms with Crippen LogP contribution in [0.4, 0.5) is 4.39 Å². The molecular formula is C19H23FN2O2. The zero-order chi connectivity index (χ0) is 16.7. The number of benzene rings is 1. The van der Waals surface area contributed by atoms with Crippen LogP contribution in [0, 0.1) is 17.7 Å². The fourth-order valence-electron chi connectivity index (χ4n) is 4.23. The van der Waals surface area contributed by atoms with E-state index in [4.69, 9.17) is 0 Å². The number of rotatable bonds is 2. The summed E-state index contributed by atoms with van der Waals surface area (Å²) in [5, 5.41) is 0. The molecule has 0 spiro atoms. The molecule has 5 heteroatoms. The number of fused-ring (bicyclic) bond motifs is 1. The van der Waals surface area contributed by atoms with Crippen molar-refractivity contribution in [1.29, 1.82) is 0 Å². The van der Waals surface area contributed by atoms with Crippen molar-refractivity contribution < 1.29 is 14.0 Å². The first kappa shape index (κ1) is 15.6. The lowest BCUT2D eigenvalue weighted by atomic mass is 9.83. The smallest absolute Gasteiger partial charge is 0.257 e. The highest BCUT2D eigenvalue weighted by molar-refractivity contribution is 5.94. The van der Waals surface area contributed by atoms with E-state index in [1.54, 1.807) is 18.2 Å². The minimum atomic E-state index is -0.453. The standard InChI is InChI=1S/C19H23FN2O2/c20-16-6-2-1-5-15(16)19(24)22-10-3-4-14-12-21(11-9-17(14)22)18(23)13-7-8-13/h1-2,5-6,13-14,17H,3-4,7-12H2/t14-,17+/m1/s1. The second-order valence-electron chi connectivity index (χ2n) is 7.30. The lowest BCUT2D eigenvalue weighted by Crippen LogP contribution is -2.56. The zero-order valence-electron chi connectivity index (χ0n) is 13.8. The molecule has 3 aliphatic rings. The lowest BCUT2D eigenvalue weighted by molar-refractivity contribution is -0.135. The summed E-state index contributed by atoms with van der Waals surface area (Å²) in [4.78, 5) is 29.0. The monoisotopic (exact) mass is 330 g/mol. The van der Waals surface area contributed by atoms with Gasteiger partial charge in [-0.1, -0.05) is 12.1 Å². The molecule has 128 valence electrons. The third-order valence-electron chi connectivity index (χ3n) is 5.67. The van der Waals surface area contributed by atoms with E-state index in [2.05, 4.69) is 0 Å². The van der Waals surface area contributed by atoms with Gasteiger partial charge in [0.25, 0.3) is 5.91 Å². The molecule has 2 heterocycles. The predicted octanol–water partition coefficient (Wildman–Crippen LogP) is 2.69. The van der Waals surface area contributed by atoms with E-state index in [-0.39, 0.29) is 23.4 Å². The van der Waals surface area contributed by atoms with Crippen LogP contribution in [0.2, 0.25) is 0 Å². The van der Waals surface area contributed by atoms with Gasteiger partial charge in [-0.2, -0.15) is 0 Å². The largest absolute Gasteiger partial charge is 0.342 e. The predicted molar refractivity (Wildman–Crippen MR) is 87.9 cm³/mol. The van der Waals surface area contributed by atoms with Crippen molar-refractivity contribution in [1.82, 2.24) is 9.80 Å². The number of carbonyl (C=O) groups is 2. The molecule has 1 aliphatic carbocycles. The van der Waals surface area contributed by atoms with Gasteiger partial charge in [0, 0.05) is 31.6 Å². The fraction of sp³-hybridized carbons (Fsp3) is 0.579. The molecule has 1 saturated carbocycles. The van der Waals surface area contributed by atoms with Crippen LogP contribution < -0.4 is 0 Å². The number of hydrogen-bond donors (Lipinski definition) is 0. The molecule has 1 aromatic carbocycles. The quantitative estimate of drug-likeness (QED) is 0.836. The minimum absolute atomic E-state index is 0.133. The summed E-state index contributed by atoms with van der Waals surface area (Å²) in [6, 6.07) is 6.34. The van der Waals surface area contributed by atoms with Crippen molar-refractivity contribution in [2.75, 3.05) is 19.6 Å². The molecule has 2 aliphatic heterocycles. The molecule has 0 bridgehead atoms. The van der Waals surface area contributed by atoms with E-state index in [1.807, 2.05) is 9.80 Å². The molecule has 3 fully saturated rings. The molecule has 2 amide bonds. The first-order chi connectivity index (χ1) is 11.6. The molecule has 24 heavy (non-hydrogen) atoms. The van der Waals surface area contributed by atoms with E-state index >= 15 is 0 Å². The Morgan fingerprint density at radius 3 is 2.58 bits per heavy atom. The Bertz CT molecular complexity index is 659. The maximum atomic E-state index is 14.0. The molecule has 0 aromatic heterocycles. The van der Waals surface area contributed by atoms with Gasteiger partial charge in [-0.3, -0.25) is 9.59 Å². The van der Waals surface area contributed by atoms with Gasteiger partial charge in [-0.15, -0.1) is 0 Å². The van der Waals surface area contributed by atoms with Crippen LogP contribution >= 0.6 is 0 Å². The van der Waals surface area contributed by atoms with Gasteiger partial charge in [0.1, 0.15) is 5.82 Å². The summed E-state index contributed by atoms with van der Waals surface area (Å²) < 4.78 is 14.0. The van der Waals surface area contributed by atoms with Crippen molar-refractivity contribution in [2.45, 2.75) is 38.1 Å². The molecule has 2 atom stereocenters. The third kappa shape index (κ3) is 2.80. The van der Waals surface area contributed by atoms with Crippen LogP contribution in [-0.4, -0.2) is 47.3 Å². The number of likely N-dealkylation sites (tertiary alicyclic amines) is 2. The molecule has 0 unspecified atom stereocenters. The maximum Gasteiger partial charge on any atom is 0.257 e. The van der Waals surface area contributed by atoms with Crippen molar-refractivity contribution in [2.24, 2.45) is 11.8 Å². The summed E-state index contributed by atoms with van der Waals surface area (Å²) in [5.41, 5.74) is 0.162. The van der Waals surface area contributed by atoms with E-state index in [1.165, 1.54) is 6.07 Å². The molecular weight excluding hydrogens is 307 g/mol. The Hall–Kier alpha value is -1.91. The van der Waals surface area contributed by atoms with Gasteiger partial charge in [0.15, 0.2) is 0 Å².